The van der Waals surface area contributed by atoms with E-state index in [4.69, 9.17) is 50.4 Å². The van der Waals surface area contributed by atoms with E-state index in [0.29, 0.717) is 6.42 Å². The van der Waals surface area contributed by atoms with Crippen molar-refractivity contribution in [2.24, 2.45) is 0 Å². The minimum atomic E-state index is -1.10. The van der Waals surface area contributed by atoms with Crippen LogP contribution in [0.4, 0.5) is 0 Å². The predicted molar refractivity (Wildman–Crippen MR) is 96.3 cm³/mol. The molecule has 23 heavy (non-hydrogen) atoms. The van der Waals surface area contributed by atoms with Crippen molar-refractivity contribution in [2.75, 3.05) is 0 Å². The van der Waals surface area contributed by atoms with Crippen LogP contribution in [0.2, 0.25) is 0 Å². The fraction of sp³-hybridized carbons (Fsp3) is 1.00. The Morgan fingerprint density at radius 1 is 0.652 bits per heavy atom. The molecule has 0 aliphatic carbocycles. The average Bonchev–Trinajstić information content (AvgIpc) is 2.46. The van der Waals surface area contributed by atoms with Gasteiger partial charge < -0.3 is 15.7 Å². The van der Waals surface area contributed by atoms with Gasteiger partial charge in [-0.05, 0) is 12.8 Å². The first-order chi connectivity index (χ1) is 10.6. The summed E-state index contributed by atoms with van der Waals surface area (Å²) in [6, 6.07) is 0. The normalized spacial score (nSPS) is 9.39. The molecule has 0 radical (unpaired) electrons. The van der Waals surface area contributed by atoms with E-state index in [9.17, 15) is 0 Å². The van der Waals surface area contributed by atoms with Gasteiger partial charge in [0.1, 0.15) is 0 Å². The molecule has 0 aliphatic heterocycles. The van der Waals surface area contributed by atoms with Gasteiger partial charge in [0.25, 0.3) is 0 Å². The van der Waals surface area contributed by atoms with Crippen molar-refractivity contribution in [1.29, 1.82) is 0 Å². The van der Waals surface area contributed by atoms with E-state index < -0.39 is 6.29 Å². The second-order valence-electron chi connectivity index (χ2n) is 4.92. The van der Waals surface area contributed by atoms with E-state index in [0.717, 1.165) is 12.8 Å². The van der Waals surface area contributed by atoms with Gasteiger partial charge in [0.05, 0.1) is 0 Å². The summed E-state index contributed by atoms with van der Waals surface area (Å²) in [5.41, 5.74) is 0. The van der Waals surface area contributed by atoms with E-state index >= 15 is 0 Å². The summed E-state index contributed by atoms with van der Waals surface area (Å²) in [5, 5.41) is 17.3. The zero-order valence-electron chi connectivity index (χ0n) is 13.8. The van der Waals surface area contributed by atoms with Crippen LogP contribution in [-0.4, -0.2) is 22.0 Å². The summed E-state index contributed by atoms with van der Waals surface area (Å²) in [4.78, 5) is 0. The molecule has 3 nitrogen and oxygen atoms in total. The topological polar surface area (TPSA) is 72.0 Å². The van der Waals surface area contributed by atoms with E-state index in [1.807, 2.05) is 0 Å². The third-order valence-corrected chi connectivity index (χ3v) is 3.07. The molecule has 0 saturated heterocycles. The molecule has 0 saturated carbocycles. The van der Waals surface area contributed by atoms with Gasteiger partial charge in [-0.2, -0.15) is 0 Å². The number of rotatable bonds is 12. The molecule has 0 aliphatic rings. The Labute approximate surface area is 172 Å². The van der Waals surface area contributed by atoms with Gasteiger partial charge in [-0.25, -0.2) is 0 Å². The SMILES string of the molecule is CCCCCCCCCCCCCC(O)O.O.[Cl][Cr][Cl].[Cl][Cr][Cl]. The fourth-order valence-electron chi connectivity index (χ4n) is 1.99. The molecule has 0 unspecified atom stereocenters. The summed E-state index contributed by atoms with van der Waals surface area (Å²) in [7, 11) is 19.3. The Kier molecular flexibility index (Phi) is 50.2. The van der Waals surface area contributed by atoms with Gasteiger partial charge in [-0.1, -0.05) is 71.1 Å². The molecule has 4 N–H and O–H groups in total. The van der Waals surface area contributed by atoms with Crippen molar-refractivity contribution in [3.05, 3.63) is 0 Å². The molecular weight excluding hydrogens is 462 g/mol. The molecule has 0 aromatic heterocycles. The minimum absolute atomic E-state index is 0. The molecule has 0 spiro atoms. The van der Waals surface area contributed by atoms with E-state index in [1.165, 1.54) is 57.8 Å². The fourth-order valence-corrected chi connectivity index (χ4v) is 1.99. The van der Waals surface area contributed by atoms with Gasteiger partial charge in [-0.3, -0.25) is 0 Å². The van der Waals surface area contributed by atoms with Crippen LogP contribution >= 0.6 is 40.2 Å². The van der Waals surface area contributed by atoms with Crippen molar-refractivity contribution >= 4 is 40.2 Å². The van der Waals surface area contributed by atoms with Crippen LogP contribution in [0.15, 0.2) is 0 Å². The molecular formula is C14H32Cl4Cr2O3. The van der Waals surface area contributed by atoms with Crippen LogP contribution in [0.1, 0.15) is 84.0 Å². The molecule has 0 amide bonds. The quantitative estimate of drug-likeness (QED) is 0.261. The van der Waals surface area contributed by atoms with Crippen LogP contribution in [0.25, 0.3) is 0 Å². The van der Waals surface area contributed by atoms with Crippen LogP contribution in [-0.2, 0) is 26.8 Å². The Morgan fingerprint density at radius 2 is 0.913 bits per heavy atom. The summed E-state index contributed by atoms with van der Waals surface area (Å²) >= 11 is -0.361. The van der Waals surface area contributed by atoms with Crippen LogP contribution in [0.5, 0.6) is 0 Å². The predicted octanol–water partition coefficient (Wildman–Crippen LogP) is 5.93. The summed E-state index contributed by atoms with van der Waals surface area (Å²) < 4.78 is 0. The van der Waals surface area contributed by atoms with Crippen LogP contribution < -0.4 is 0 Å². The maximum atomic E-state index is 8.65. The van der Waals surface area contributed by atoms with Crippen LogP contribution in [0.3, 0.4) is 0 Å². The van der Waals surface area contributed by atoms with Gasteiger partial charge >= 0.3 is 66.9 Å². The second-order valence-corrected chi connectivity index (χ2v) is 9.13. The van der Waals surface area contributed by atoms with Crippen molar-refractivity contribution < 1.29 is 42.4 Å². The molecule has 0 aromatic carbocycles. The Balaban J connectivity index is -0.000000223. The number of hydrogen-bond acceptors (Lipinski definition) is 2. The summed E-state index contributed by atoms with van der Waals surface area (Å²) in [6.07, 6.45) is 13.8. The van der Waals surface area contributed by atoms with Crippen LogP contribution in [0, 0.1) is 0 Å². The van der Waals surface area contributed by atoms with Crippen molar-refractivity contribution in [3.8, 4) is 0 Å². The zero-order chi connectivity index (χ0) is 17.5. The third-order valence-electron chi connectivity index (χ3n) is 3.07. The maximum absolute atomic E-state index is 8.65. The Bertz CT molecular complexity index is 171. The monoisotopic (exact) mass is 492 g/mol. The number of hydrogen-bond donors (Lipinski definition) is 2. The van der Waals surface area contributed by atoms with Gasteiger partial charge in [0.2, 0.25) is 0 Å². The van der Waals surface area contributed by atoms with E-state index in [-0.39, 0.29) is 32.2 Å². The Hall–Kier alpha value is 2.10. The molecule has 0 aromatic rings. The number of halogens is 4. The number of aliphatic hydroxyl groups excluding tert-OH is 1. The standard InChI is InChI=1S/C14H30O2.4ClH.2Cr.H2O/c1-2-3-4-5-6-7-8-9-10-11-12-13-14(15)16;;;;;;;/h14-16H,2-13H2,1H3;4*1H;;;1H2/q;;;;;2*+2;/p-4. The second kappa shape index (κ2) is 35.3. The van der Waals surface area contributed by atoms with E-state index in [2.05, 4.69) is 6.92 Å². The number of aliphatic hydroxyl groups is 2. The first-order valence-corrected chi connectivity index (χ1v) is 14.8. The third kappa shape index (κ3) is 51.6. The molecule has 9 heteroatoms. The summed E-state index contributed by atoms with van der Waals surface area (Å²) in [6.45, 7) is 2.25. The number of unbranched alkanes of at least 4 members (excludes halogenated alkanes) is 10. The zero-order valence-corrected chi connectivity index (χ0v) is 19.4. The first-order valence-electron chi connectivity index (χ1n) is 7.75. The molecule has 0 atom stereocenters. The molecule has 146 valence electrons. The van der Waals surface area contributed by atoms with E-state index in [1.54, 1.807) is 0 Å². The molecule has 0 fully saturated rings. The van der Waals surface area contributed by atoms with Crippen molar-refractivity contribution in [1.82, 2.24) is 0 Å². The van der Waals surface area contributed by atoms with Crippen molar-refractivity contribution in [2.45, 2.75) is 90.3 Å². The van der Waals surface area contributed by atoms with Gasteiger partial charge in [0, 0.05) is 0 Å². The first kappa shape index (κ1) is 32.7. The van der Waals surface area contributed by atoms with Gasteiger partial charge in [0.15, 0.2) is 6.29 Å². The molecule has 0 bridgehead atoms. The Morgan fingerprint density at radius 3 is 1.17 bits per heavy atom. The summed E-state index contributed by atoms with van der Waals surface area (Å²) in [5.74, 6) is 0. The average molecular weight is 494 g/mol. The van der Waals surface area contributed by atoms with Gasteiger partial charge in [-0.15, -0.1) is 0 Å². The van der Waals surface area contributed by atoms with Crippen molar-refractivity contribution in [3.63, 3.8) is 0 Å². The molecule has 0 rings (SSSR count). The molecule has 0 heterocycles.